The minimum atomic E-state index is -0.835. The lowest BCUT2D eigenvalue weighted by Gasteiger charge is -2.51. The van der Waals surface area contributed by atoms with Gasteiger partial charge in [-0.2, -0.15) is 0 Å². The molecule has 0 aliphatic carbocycles. The Kier molecular flexibility index (Phi) is 14.2. The number of phenols is 1. The van der Waals surface area contributed by atoms with Gasteiger partial charge in [0.05, 0.1) is 30.8 Å². The third kappa shape index (κ3) is 10.9. The highest BCUT2D eigenvalue weighted by Gasteiger charge is 2.48. The van der Waals surface area contributed by atoms with E-state index in [9.17, 15) is 29.4 Å². The van der Waals surface area contributed by atoms with Gasteiger partial charge in [-0.15, -0.1) is 11.3 Å². The molecule has 2 amide bonds. The first-order chi connectivity index (χ1) is 31.1. The largest absolute Gasteiger partial charge is 0.506 e. The van der Waals surface area contributed by atoms with Crippen molar-refractivity contribution in [2.45, 2.75) is 50.5 Å². The van der Waals surface area contributed by atoms with Crippen LogP contribution in [0.1, 0.15) is 80.1 Å². The number of ether oxygens (including phenoxy) is 2. The molecule has 13 nitrogen and oxygen atoms in total. The van der Waals surface area contributed by atoms with Gasteiger partial charge in [-0.1, -0.05) is 66.7 Å². The van der Waals surface area contributed by atoms with Crippen LogP contribution in [-0.2, 0) is 11.3 Å². The van der Waals surface area contributed by atoms with Crippen molar-refractivity contribution < 1.29 is 38.6 Å². The van der Waals surface area contributed by atoms with Crippen LogP contribution in [0.3, 0.4) is 0 Å². The summed E-state index contributed by atoms with van der Waals surface area (Å²) in [6.45, 7) is 4.59. The number of hydrogen-bond acceptors (Lipinski definition) is 10. The predicted octanol–water partition coefficient (Wildman–Crippen LogP) is 7.01. The van der Waals surface area contributed by atoms with E-state index >= 15 is 0 Å². The number of piperidine rings is 3. The number of carbonyl (C=O) groups is 3. The molecule has 3 atom stereocenters. The average Bonchev–Trinajstić information content (AvgIpc) is 3.86. The summed E-state index contributed by atoms with van der Waals surface area (Å²) in [6.07, 6.45) is 1.79. The smallest absolute Gasteiger partial charge is 0.408 e. The van der Waals surface area contributed by atoms with Gasteiger partial charge in [0.1, 0.15) is 31.2 Å². The summed E-state index contributed by atoms with van der Waals surface area (Å²) in [4.78, 5) is 55.0. The maximum atomic E-state index is 13.6. The minimum Gasteiger partial charge on any atom is -0.506 e. The van der Waals surface area contributed by atoms with Crippen molar-refractivity contribution in [3.8, 4) is 11.5 Å². The number of nitrogens with zero attached hydrogens (tertiary/aromatic N) is 1. The van der Waals surface area contributed by atoms with Gasteiger partial charge in [-0.05, 0) is 83.9 Å². The van der Waals surface area contributed by atoms with Gasteiger partial charge < -0.3 is 45.1 Å². The average molecular weight is 885 g/mol. The third-order valence-corrected chi connectivity index (χ3v) is 13.4. The topological polar surface area (TPSA) is 179 Å². The minimum absolute atomic E-state index is 0.0524. The van der Waals surface area contributed by atoms with Gasteiger partial charge >= 0.3 is 6.09 Å². The summed E-state index contributed by atoms with van der Waals surface area (Å²) < 4.78 is 13.0. The number of H-pyrrole nitrogens is 1. The highest BCUT2D eigenvalue weighted by Crippen LogP contribution is 2.37. The molecule has 3 aliphatic heterocycles. The maximum Gasteiger partial charge on any atom is 0.408 e. The molecule has 3 fully saturated rings. The number of aromatic amines is 1. The number of ketones is 1. The first-order valence-electron chi connectivity index (χ1n) is 21.9. The number of phenolic OH excluding ortho intramolecular Hbond substituents is 1. The number of quaternary nitrogens is 1. The summed E-state index contributed by atoms with van der Waals surface area (Å²) in [7, 11) is 0. The molecule has 9 rings (SSSR count). The number of alkyl carbamates (subject to hydrolysis) is 1. The molecule has 6 N–H and O–H groups in total. The second-order valence-corrected chi connectivity index (χ2v) is 17.8. The van der Waals surface area contributed by atoms with E-state index in [4.69, 9.17) is 9.47 Å². The van der Waals surface area contributed by atoms with E-state index in [0.717, 1.165) is 60.3 Å². The number of nitrogens with one attached hydrogen (secondary N) is 4. The number of rotatable bonds is 19. The van der Waals surface area contributed by atoms with Crippen molar-refractivity contribution in [2.24, 2.45) is 5.92 Å². The first-order valence-corrected chi connectivity index (χ1v) is 22.8. The summed E-state index contributed by atoms with van der Waals surface area (Å²) in [5, 5.41) is 32.8. The molecule has 0 spiro atoms. The molecule has 2 bridgehead atoms. The van der Waals surface area contributed by atoms with E-state index in [1.54, 1.807) is 35.6 Å². The number of hydrogen-bond donors (Lipinski definition) is 6. The summed E-state index contributed by atoms with van der Waals surface area (Å²) >= 11 is 1.55. The van der Waals surface area contributed by atoms with Crippen molar-refractivity contribution in [3.05, 3.63) is 164 Å². The quantitative estimate of drug-likeness (QED) is 0.0284. The van der Waals surface area contributed by atoms with Crippen LogP contribution < -0.4 is 26.2 Å². The van der Waals surface area contributed by atoms with E-state index in [1.807, 2.05) is 84.2 Å². The van der Waals surface area contributed by atoms with Crippen LogP contribution in [0.25, 0.3) is 10.9 Å². The van der Waals surface area contributed by atoms with E-state index in [2.05, 4.69) is 20.9 Å². The molecule has 4 aromatic carbocycles. The van der Waals surface area contributed by atoms with Crippen LogP contribution >= 0.6 is 11.3 Å². The Morgan fingerprint density at radius 1 is 0.859 bits per heavy atom. The van der Waals surface area contributed by atoms with Crippen molar-refractivity contribution in [2.75, 3.05) is 45.8 Å². The Labute approximate surface area is 375 Å². The zero-order valence-electron chi connectivity index (χ0n) is 35.5. The third-order valence-electron chi connectivity index (χ3n) is 12.4. The number of aliphatic hydroxyl groups is 1. The zero-order chi connectivity index (χ0) is 44.5. The van der Waals surface area contributed by atoms with Gasteiger partial charge in [-0.3, -0.25) is 14.4 Å². The SMILES string of the molecule is O=C(NC(c1cccc(OCc2ccc(C(=O)NCCCCNC[C@H](O)c3ccc(O)c4[nH]c(=O)ccc34)cc2)c1)c1cccs1)O[C@H]1C[N+]2(CC(=O)c3ccccc3)CCC1CC2. The van der Waals surface area contributed by atoms with E-state index < -0.39 is 18.2 Å². The fraction of sp³-hybridized carbons (Fsp3) is 0.320. The summed E-state index contributed by atoms with van der Waals surface area (Å²) in [5.41, 5.74) is 3.58. The highest BCUT2D eigenvalue weighted by atomic mass is 32.1. The number of aromatic hydroxyl groups is 1. The van der Waals surface area contributed by atoms with Crippen molar-refractivity contribution in [1.82, 2.24) is 20.9 Å². The number of Topliss-reactive ketones (excluding diaryl/α,β-unsaturated/α-hetero) is 1. The molecule has 0 saturated carbocycles. The highest BCUT2D eigenvalue weighted by molar-refractivity contribution is 7.10. The van der Waals surface area contributed by atoms with Gasteiger partial charge in [-0.25, -0.2) is 4.79 Å². The molecule has 3 saturated heterocycles. The fourth-order valence-corrected chi connectivity index (χ4v) is 9.74. The molecular formula is C50H54N5O8S+. The number of aliphatic hydroxyl groups excluding tert-OH is 1. The van der Waals surface area contributed by atoms with Gasteiger partial charge in [0.25, 0.3) is 5.91 Å². The molecule has 6 aromatic rings. The second kappa shape index (κ2) is 20.5. The lowest BCUT2D eigenvalue weighted by molar-refractivity contribution is -0.938. The lowest BCUT2D eigenvalue weighted by atomic mass is 9.83. The number of fused-ring (bicyclic) bond motifs is 4. The standard InChI is InChI=1S/C50H53N5O8S/c56-41-19-17-39(40-18-20-46(59)53-48(40)41)42(57)29-51-23-4-5-24-52-49(60)36-15-13-33(14-16-36)32-62-38-11-6-10-37(28-38)47(45-12-7-27-64-45)54-50(61)63-44-31-55(25-21-35(44)22-26-55)30-43(58)34-8-2-1-3-9-34/h1-3,6-20,27-28,35,42,44,47,51,57H,4-5,21-26,29-32H2,(H3-,52,53,54,56,59,60,61)/p+1/t35?,42-,44-,47?,55?/m0/s1. The summed E-state index contributed by atoms with van der Waals surface area (Å²) in [6, 6.07) is 33.9. The van der Waals surface area contributed by atoms with E-state index in [-0.39, 0.29) is 41.6 Å². The predicted molar refractivity (Wildman–Crippen MR) is 246 cm³/mol. The Hall–Kier alpha value is -6.32. The molecule has 14 heteroatoms. The van der Waals surface area contributed by atoms with E-state index in [0.29, 0.717) is 65.0 Å². The van der Waals surface area contributed by atoms with Crippen LogP contribution in [0.5, 0.6) is 11.5 Å². The number of thiophene rings is 1. The van der Waals surface area contributed by atoms with Crippen molar-refractivity contribution in [1.29, 1.82) is 0 Å². The molecule has 5 heterocycles. The van der Waals surface area contributed by atoms with Crippen LogP contribution in [0.15, 0.2) is 125 Å². The van der Waals surface area contributed by atoms with Gasteiger partial charge in [0, 0.05) is 59.3 Å². The Balaban J connectivity index is 0.779. The monoisotopic (exact) mass is 884 g/mol. The maximum absolute atomic E-state index is 13.6. The van der Waals surface area contributed by atoms with Crippen molar-refractivity contribution >= 4 is 40.0 Å². The Morgan fingerprint density at radius 3 is 2.44 bits per heavy atom. The number of aromatic nitrogens is 1. The molecule has 1 unspecified atom stereocenters. The number of pyridine rings is 1. The molecule has 64 heavy (non-hydrogen) atoms. The molecular weight excluding hydrogens is 831 g/mol. The fourth-order valence-electron chi connectivity index (χ4n) is 8.94. The molecule has 0 radical (unpaired) electrons. The Morgan fingerprint density at radius 2 is 1.66 bits per heavy atom. The van der Waals surface area contributed by atoms with Gasteiger partial charge in [0.2, 0.25) is 11.3 Å². The summed E-state index contributed by atoms with van der Waals surface area (Å²) in [5.74, 6) is 0.822. The van der Waals surface area contributed by atoms with Crippen LogP contribution in [0.2, 0.25) is 0 Å². The van der Waals surface area contributed by atoms with Gasteiger partial charge in [0.15, 0.2) is 6.10 Å². The lowest BCUT2D eigenvalue weighted by Crippen LogP contribution is -2.66. The van der Waals surface area contributed by atoms with Crippen LogP contribution in [0, 0.1) is 5.92 Å². The number of amides is 2. The normalized spacial score (nSPS) is 18.8. The van der Waals surface area contributed by atoms with Crippen LogP contribution in [0.4, 0.5) is 4.79 Å². The van der Waals surface area contributed by atoms with Crippen molar-refractivity contribution in [3.63, 3.8) is 0 Å². The number of unbranched alkanes of at least 4 members (excludes halogenated alkanes) is 1. The first kappa shape index (κ1) is 44.3. The second-order valence-electron chi connectivity index (χ2n) is 16.8. The molecule has 3 aliphatic rings. The number of carbonyl (C=O) groups excluding carboxylic acids is 3. The number of benzene rings is 4. The zero-order valence-corrected chi connectivity index (χ0v) is 36.4. The Bertz CT molecular complexity index is 2590. The van der Waals surface area contributed by atoms with Crippen LogP contribution in [-0.4, -0.2) is 89.4 Å². The molecule has 332 valence electrons. The van der Waals surface area contributed by atoms with E-state index in [1.165, 1.54) is 12.1 Å². The molecule has 2 aromatic heterocycles.